The first-order valence-electron chi connectivity index (χ1n) is 6.81. The van der Waals surface area contributed by atoms with E-state index in [9.17, 15) is 9.59 Å². The number of likely N-dealkylation sites (tertiary alicyclic amines) is 1. The normalized spacial score (nSPS) is 22.7. The molecule has 2 amide bonds. The number of hydrogen-bond donors (Lipinski definition) is 1. The number of ether oxygens (including phenoxy) is 1. The summed E-state index contributed by atoms with van der Waals surface area (Å²) in [4.78, 5) is 25.5. The van der Waals surface area contributed by atoms with Gasteiger partial charge in [0.25, 0.3) is 0 Å². The largest absolute Gasteiger partial charge is 0.497 e. The molecule has 1 heterocycles. The van der Waals surface area contributed by atoms with Crippen LogP contribution in [-0.4, -0.2) is 30.4 Å². The van der Waals surface area contributed by atoms with Crippen molar-refractivity contribution in [2.45, 2.75) is 25.8 Å². The van der Waals surface area contributed by atoms with E-state index in [1.165, 1.54) is 0 Å². The summed E-state index contributed by atoms with van der Waals surface area (Å²) in [6, 6.07) is 7.17. The monoisotopic (exact) mass is 276 g/mol. The lowest BCUT2D eigenvalue weighted by molar-refractivity contribution is -0.142. The van der Waals surface area contributed by atoms with Crippen molar-refractivity contribution in [3.05, 3.63) is 29.8 Å². The van der Waals surface area contributed by atoms with Gasteiger partial charge in [-0.2, -0.15) is 0 Å². The van der Waals surface area contributed by atoms with Gasteiger partial charge in [-0.15, -0.1) is 0 Å². The molecule has 1 saturated heterocycles. The molecule has 5 nitrogen and oxygen atoms in total. The number of benzene rings is 1. The van der Waals surface area contributed by atoms with Crippen molar-refractivity contribution in [2.24, 2.45) is 11.7 Å². The first-order chi connectivity index (χ1) is 9.58. The minimum atomic E-state index is -0.350. The summed E-state index contributed by atoms with van der Waals surface area (Å²) in [6.45, 7) is 2.48. The van der Waals surface area contributed by atoms with E-state index in [1.807, 2.05) is 31.2 Å². The van der Waals surface area contributed by atoms with Crippen molar-refractivity contribution >= 4 is 11.8 Å². The Morgan fingerprint density at radius 3 is 2.55 bits per heavy atom. The quantitative estimate of drug-likeness (QED) is 0.905. The number of amides is 2. The van der Waals surface area contributed by atoms with Crippen LogP contribution in [0.1, 0.15) is 31.4 Å². The van der Waals surface area contributed by atoms with Crippen LogP contribution in [0.4, 0.5) is 0 Å². The molecule has 2 rings (SSSR count). The van der Waals surface area contributed by atoms with Crippen LogP contribution < -0.4 is 10.5 Å². The number of hydrogen-bond acceptors (Lipinski definition) is 3. The fourth-order valence-electron chi connectivity index (χ4n) is 2.84. The maximum absolute atomic E-state index is 12.0. The SMILES string of the molecule is CCN1C(=O)CC[C@H](C(N)=O)[C@H]1c1ccc(OC)cc1. The number of methoxy groups -OCH3 is 1. The zero-order chi connectivity index (χ0) is 14.7. The number of primary amides is 1. The standard InChI is InChI=1S/C15H20N2O3/c1-3-17-13(18)9-8-12(15(16)19)14(17)10-4-6-11(20-2)7-5-10/h4-7,12,14H,3,8-9H2,1-2H3,(H2,16,19)/t12-,14+/m0/s1. The molecule has 0 aromatic heterocycles. The zero-order valence-electron chi connectivity index (χ0n) is 11.8. The van der Waals surface area contributed by atoms with Gasteiger partial charge in [0.1, 0.15) is 5.75 Å². The highest BCUT2D eigenvalue weighted by Crippen LogP contribution is 2.36. The fraction of sp³-hybridized carbons (Fsp3) is 0.467. The van der Waals surface area contributed by atoms with E-state index in [0.29, 0.717) is 19.4 Å². The van der Waals surface area contributed by atoms with Crippen molar-refractivity contribution in [2.75, 3.05) is 13.7 Å². The van der Waals surface area contributed by atoms with Crippen molar-refractivity contribution in [3.8, 4) is 5.75 Å². The average Bonchev–Trinajstić information content (AvgIpc) is 2.46. The predicted octanol–water partition coefficient (Wildman–Crippen LogP) is 1.48. The minimum Gasteiger partial charge on any atom is -0.497 e. The second-order valence-corrected chi connectivity index (χ2v) is 4.95. The molecule has 2 N–H and O–H groups in total. The molecule has 0 saturated carbocycles. The molecule has 0 radical (unpaired) electrons. The average molecular weight is 276 g/mol. The second-order valence-electron chi connectivity index (χ2n) is 4.95. The van der Waals surface area contributed by atoms with E-state index in [2.05, 4.69) is 0 Å². The molecule has 108 valence electrons. The summed E-state index contributed by atoms with van der Waals surface area (Å²) < 4.78 is 5.13. The van der Waals surface area contributed by atoms with Gasteiger partial charge in [-0.3, -0.25) is 9.59 Å². The number of carbonyl (C=O) groups excluding carboxylic acids is 2. The zero-order valence-corrected chi connectivity index (χ0v) is 11.8. The molecule has 2 atom stereocenters. The molecule has 20 heavy (non-hydrogen) atoms. The first kappa shape index (κ1) is 14.4. The molecule has 5 heteroatoms. The van der Waals surface area contributed by atoms with Crippen LogP contribution in [0.15, 0.2) is 24.3 Å². The van der Waals surface area contributed by atoms with Gasteiger partial charge in [0, 0.05) is 13.0 Å². The number of carbonyl (C=O) groups is 2. The molecule has 0 unspecified atom stereocenters. The molecule has 0 spiro atoms. The smallest absolute Gasteiger partial charge is 0.223 e. The minimum absolute atomic E-state index is 0.0748. The number of nitrogens with zero attached hydrogens (tertiary/aromatic N) is 1. The van der Waals surface area contributed by atoms with Gasteiger partial charge in [0.2, 0.25) is 11.8 Å². The van der Waals surface area contributed by atoms with Gasteiger partial charge in [0.05, 0.1) is 19.1 Å². The van der Waals surface area contributed by atoms with Crippen LogP contribution in [0.5, 0.6) is 5.75 Å². The molecule has 1 aliphatic heterocycles. The third kappa shape index (κ3) is 2.61. The Hall–Kier alpha value is -2.04. The summed E-state index contributed by atoms with van der Waals surface area (Å²) in [5.74, 6) is 0.137. The van der Waals surface area contributed by atoms with Crippen molar-refractivity contribution in [1.82, 2.24) is 4.90 Å². The topological polar surface area (TPSA) is 72.6 Å². The lowest BCUT2D eigenvalue weighted by Gasteiger charge is -2.39. The molecule has 0 aliphatic carbocycles. The summed E-state index contributed by atoms with van der Waals surface area (Å²) in [5, 5.41) is 0. The first-order valence-corrected chi connectivity index (χ1v) is 6.81. The number of rotatable bonds is 4. The van der Waals surface area contributed by atoms with Crippen molar-refractivity contribution in [1.29, 1.82) is 0 Å². The highest BCUT2D eigenvalue weighted by Gasteiger charge is 2.38. The van der Waals surface area contributed by atoms with E-state index in [-0.39, 0.29) is 23.8 Å². The van der Waals surface area contributed by atoms with E-state index in [4.69, 9.17) is 10.5 Å². The Morgan fingerprint density at radius 1 is 1.40 bits per heavy atom. The molecule has 0 bridgehead atoms. The van der Waals surface area contributed by atoms with Gasteiger partial charge >= 0.3 is 0 Å². The van der Waals surface area contributed by atoms with E-state index in [0.717, 1.165) is 11.3 Å². The molecule has 1 fully saturated rings. The summed E-state index contributed by atoms with van der Waals surface area (Å²) in [6.07, 6.45) is 0.898. The van der Waals surface area contributed by atoms with E-state index < -0.39 is 0 Å². The Labute approximate surface area is 118 Å². The molecule has 1 aromatic carbocycles. The van der Waals surface area contributed by atoms with Crippen LogP contribution >= 0.6 is 0 Å². The number of piperidine rings is 1. The van der Waals surface area contributed by atoms with Crippen LogP contribution in [0, 0.1) is 5.92 Å². The maximum Gasteiger partial charge on any atom is 0.223 e. The predicted molar refractivity (Wildman–Crippen MR) is 75.0 cm³/mol. The fourth-order valence-corrected chi connectivity index (χ4v) is 2.84. The van der Waals surface area contributed by atoms with Crippen LogP contribution in [-0.2, 0) is 9.59 Å². The molecule has 1 aliphatic rings. The molecular weight excluding hydrogens is 256 g/mol. The van der Waals surface area contributed by atoms with Gasteiger partial charge in [0.15, 0.2) is 0 Å². The lowest BCUT2D eigenvalue weighted by Crippen LogP contribution is -2.46. The van der Waals surface area contributed by atoms with Crippen LogP contribution in [0.25, 0.3) is 0 Å². The molecule has 1 aromatic rings. The van der Waals surface area contributed by atoms with Gasteiger partial charge in [-0.25, -0.2) is 0 Å². The Balaban J connectivity index is 2.38. The Bertz CT molecular complexity index is 496. The van der Waals surface area contributed by atoms with Gasteiger partial charge in [-0.1, -0.05) is 12.1 Å². The Morgan fingerprint density at radius 2 is 2.05 bits per heavy atom. The summed E-state index contributed by atoms with van der Waals surface area (Å²) in [5.41, 5.74) is 6.43. The Kier molecular flexibility index (Phi) is 4.27. The van der Waals surface area contributed by atoms with E-state index in [1.54, 1.807) is 12.0 Å². The van der Waals surface area contributed by atoms with Gasteiger partial charge in [-0.05, 0) is 31.0 Å². The maximum atomic E-state index is 12.0. The van der Waals surface area contributed by atoms with Crippen LogP contribution in [0.2, 0.25) is 0 Å². The molecular formula is C15H20N2O3. The van der Waals surface area contributed by atoms with Gasteiger partial charge < -0.3 is 15.4 Å². The lowest BCUT2D eigenvalue weighted by atomic mass is 9.84. The van der Waals surface area contributed by atoms with Crippen LogP contribution in [0.3, 0.4) is 0 Å². The van der Waals surface area contributed by atoms with Crippen molar-refractivity contribution in [3.63, 3.8) is 0 Å². The highest BCUT2D eigenvalue weighted by atomic mass is 16.5. The van der Waals surface area contributed by atoms with E-state index >= 15 is 0 Å². The second kappa shape index (κ2) is 5.94. The highest BCUT2D eigenvalue weighted by molar-refractivity contribution is 5.84. The summed E-state index contributed by atoms with van der Waals surface area (Å²) in [7, 11) is 1.60. The van der Waals surface area contributed by atoms with Crippen molar-refractivity contribution < 1.29 is 14.3 Å². The number of nitrogens with two attached hydrogens (primary N) is 1. The third-order valence-electron chi connectivity index (χ3n) is 3.87. The third-order valence-corrected chi connectivity index (χ3v) is 3.87. The summed E-state index contributed by atoms with van der Waals surface area (Å²) >= 11 is 0.